The van der Waals surface area contributed by atoms with E-state index >= 15 is 0 Å². The van der Waals surface area contributed by atoms with Gasteiger partial charge in [-0.1, -0.05) is 30.3 Å². The van der Waals surface area contributed by atoms with E-state index in [1.165, 1.54) is 4.31 Å². The third-order valence-corrected chi connectivity index (χ3v) is 8.21. The van der Waals surface area contributed by atoms with E-state index < -0.39 is 10.0 Å². The molecule has 3 heterocycles. The lowest BCUT2D eigenvalue weighted by Gasteiger charge is -2.26. The molecule has 0 atom stereocenters. The summed E-state index contributed by atoms with van der Waals surface area (Å²) in [6.07, 6.45) is 0. The zero-order valence-electron chi connectivity index (χ0n) is 20.0. The Kier molecular flexibility index (Phi) is 5.95. The van der Waals surface area contributed by atoms with Crippen molar-refractivity contribution in [2.75, 3.05) is 38.7 Å². The number of sulfonamides is 1. The van der Waals surface area contributed by atoms with Crippen LogP contribution in [-0.4, -0.2) is 65.9 Å². The third kappa shape index (κ3) is 4.26. The first kappa shape index (κ1) is 23.3. The van der Waals surface area contributed by atoms with Gasteiger partial charge >= 0.3 is 0 Å². The molecular formula is C26H24N6O4S. The Balaban J connectivity index is 1.42. The van der Waals surface area contributed by atoms with Gasteiger partial charge in [-0.2, -0.15) is 8.82 Å². The van der Waals surface area contributed by atoms with Gasteiger partial charge in [0.1, 0.15) is 5.75 Å². The van der Waals surface area contributed by atoms with Gasteiger partial charge < -0.3 is 14.8 Å². The molecule has 3 aromatic carbocycles. The predicted molar refractivity (Wildman–Crippen MR) is 140 cm³/mol. The minimum absolute atomic E-state index is 0.216. The van der Waals surface area contributed by atoms with Gasteiger partial charge in [-0.25, -0.2) is 8.42 Å². The van der Waals surface area contributed by atoms with Gasteiger partial charge in [0.05, 0.1) is 25.2 Å². The summed E-state index contributed by atoms with van der Waals surface area (Å²) in [5.41, 5.74) is 2.06. The van der Waals surface area contributed by atoms with Gasteiger partial charge in [0.25, 0.3) is 0 Å². The molecule has 0 bridgehead atoms. The highest BCUT2D eigenvalue weighted by molar-refractivity contribution is 7.89. The molecule has 0 unspecified atom stereocenters. The van der Waals surface area contributed by atoms with Crippen LogP contribution in [0.3, 0.4) is 0 Å². The van der Waals surface area contributed by atoms with Crippen molar-refractivity contribution in [3.63, 3.8) is 0 Å². The van der Waals surface area contributed by atoms with Crippen LogP contribution in [0.15, 0.2) is 77.7 Å². The van der Waals surface area contributed by atoms with E-state index in [2.05, 4.69) is 15.5 Å². The Bertz CT molecular complexity index is 1700. The van der Waals surface area contributed by atoms with Crippen LogP contribution in [0.1, 0.15) is 0 Å². The largest absolute Gasteiger partial charge is 0.497 e. The fraction of sp³-hybridized carbons (Fsp3) is 0.192. The summed E-state index contributed by atoms with van der Waals surface area (Å²) in [6.45, 7) is 1.46. The van der Waals surface area contributed by atoms with E-state index in [-0.39, 0.29) is 4.90 Å². The number of morpholine rings is 1. The Hall–Kier alpha value is -4.06. The molecule has 37 heavy (non-hydrogen) atoms. The summed E-state index contributed by atoms with van der Waals surface area (Å²) in [4.78, 5) is 0.216. The normalized spacial score (nSPS) is 14.7. The van der Waals surface area contributed by atoms with Crippen molar-refractivity contribution in [1.82, 2.24) is 24.1 Å². The van der Waals surface area contributed by atoms with Crippen molar-refractivity contribution in [3.05, 3.63) is 72.8 Å². The Morgan fingerprint density at radius 3 is 2.43 bits per heavy atom. The number of rotatable bonds is 6. The second-order valence-corrected chi connectivity index (χ2v) is 10.5. The number of ether oxygens (including phenoxy) is 2. The quantitative estimate of drug-likeness (QED) is 0.364. The molecule has 1 aliphatic heterocycles. The summed E-state index contributed by atoms with van der Waals surface area (Å²) in [6, 6.07) is 22.0. The summed E-state index contributed by atoms with van der Waals surface area (Å²) >= 11 is 0. The van der Waals surface area contributed by atoms with Crippen molar-refractivity contribution in [2.24, 2.45) is 0 Å². The van der Waals surface area contributed by atoms with E-state index in [0.29, 0.717) is 49.3 Å². The molecule has 0 spiro atoms. The van der Waals surface area contributed by atoms with Crippen LogP contribution in [0.4, 0.5) is 11.5 Å². The molecule has 1 saturated heterocycles. The van der Waals surface area contributed by atoms with E-state index in [0.717, 1.165) is 22.1 Å². The lowest BCUT2D eigenvalue weighted by atomic mass is 10.1. The minimum Gasteiger partial charge on any atom is -0.497 e. The molecule has 11 heteroatoms. The molecule has 0 aliphatic carbocycles. The van der Waals surface area contributed by atoms with Gasteiger partial charge in [-0.3, -0.25) is 0 Å². The molecular weight excluding hydrogens is 492 g/mol. The average Bonchev–Trinajstić information content (AvgIpc) is 3.38. The molecule has 188 valence electrons. The molecule has 10 nitrogen and oxygen atoms in total. The summed E-state index contributed by atoms with van der Waals surface area (Å²) in [5.74, 6) is 1.87. The number of hydrogen-bond acceptors (Lipinski definition) is 8. The first-order valence-electron chi connectivity index (χ1n) is 11.8. The van der Waals surface area contributed by atoms with Crippen molar-refractivity contribution < 1.29 is 17.9 Å². The lowest BCUT2D eigenvalue weighted by Crippen LogP contribution is -2.40. The van der Waals surface area contributed by atoms with Gasteiger partial charge in [0.15, 0.2) is 17.3 Å². The second-order valence-electron chi connectivity index (χ2n) is 8.55. The van der Waals surface area contributed by atoms with Gasteiger partial charge in [-0.05, 0) is 42.5 Å². The van der Waals surface area contributed by atoms with Crippen molar-refractivity contribution >= 4 is 37.9 Å². The maximum atomic E-state index is 13.2. The summed E-state index contributed by atoms with van der Waals surface area (Å²) in [5, 5.41) is 18.7. The third-order valence-electron chi connectivity index (χ3n) is 6.32. The number of fused-ring (bicyclic) bond motifs is 3. The monoisotopic (exact) mass is 516 g/mol. The highest BCUT2D eigenvalue weighted by atomic mass is 32.2. The van der Waals surface area contributed by atoms with Crippen LogP contribution < -0.4 is 10.1 Å². The van der Waals surface area contributed by atoms with Crippen molar-refractivity contribution in [1.29, 1.82) is 0 Å². The van der Waals surface area contributed by atoms with E-state index in [1.54, 1.807) is 29.8 Å². The molecule has 1 N–H and O–H groups in total. The Morgan fingerprint density at radius 2 is 1.68 bits per heavy atom. The van der Waals surface area contributed by atoms with Crippen LogP contribution >= 0.6 is 0 Å². The maximum absolute atomic E-state index is 13.2. The van der Waals surface area contributed by atoms with Crippen LogP contribution in [0, 0.1) is 0 Å². The van der Waals surface area contributed by atoms with E-state index in [9.17, 15) is 8.42 Å². The summed E-state index contributed by atoms with van der Waals surface area (Å²) in [7, 11) is -2.02. The number of aromatic nitrogens is 4. The molecule has 1 fully saturated rings. The van der Waals surface area contributed by atoms with Gasteiger partial charge in [0.2, 0.25) is 10.0 Å². The fourth-order valence-electron chi connectivity index (χ4n) is 4.40. The van der Waals surface area contributed by atoms with Crippen LogP contribution in [0.5, 0.6) is 5.75 Å². The highest BCUT2D eigenvalue weighted by Gasteiger charge is 2.26. The number of nitrogens with zero attached hydrogens (tertiary/aromatic N) is 5. The zero-order chi connectivity index (χ0) is 25.4. The van der Waals surface area contributed by atoms with E-state index in [4.69, 9.17) is 14.6 Å². The first-order valence-corrected chi connectivity index (χ1v) is 13.2. The maximum Gasteiger partial charge on any atom is 0.243 e. The average molecular weight is 517 g/mol. The lowest BCUT2D eigenvalue weighted by molar-refractivity contribution is 0.0730. The molecule has 5 aromatic rings. The molecule has 6 rings (SSSR count). The number of hydrogen-bond donors (Lipinski definition) is 1. The number of nitrogens with one attached hydrogen (secondary N) is 1. The summed E-state index contributed by atoms with van der Waals surface area (Å²) < 4.78 is 40.1. The molecule has 0 radical (unpaired) electrons. The topological polar surface area (TPSA) is 111 Å². The molecule has 0 amide bonds. The predicted octanol–water partition coefficient (Wildman–Crippen LogP) is 3.72. The fourth-order valence-corrected chi connectivity index (χ4v) is 5.85. The molecule has 1 aliphatic rings. The molecule has 2 aromatic heterocycles. The van der Waals surface area contributed by atoms with Crippen molar-refractivity contribution in [2.45, 2.75) is 4.90 Å². The van der Waals surface area contributed by atoms with E-state index in [1.807, 2.05) is 54.6 Å². The van der Waals surface area contributed by atoms with Gasteiger partial charge in [-0.15, -0.1) is 15.3 Å². The van der Waals surface area contributed by atoms with Gasteiger partial charge in [0, 0.05) is 35.1 Å². The minimum atomic E-state index is -3.64. The smallest absolute Gasteiger partial charge is 0.243 e. The Labute approximate surface area is 213 Å². The zero-order valence-corrected chi connectivity index (χ0v) is 20.9. The number of anilines is 2. The standard InChI is InChI=1S/C26H24N6O4S/c1-35-20-11-9-18(10-12-20)25-28-29-26-23-8-3-2-7-22(23)24(30-32(25)26)27-19-5-4-6-21(17-19)37(33,34)31-13-15-36-16-14-31/h2-12,17H,13-16H2,1H3,(H,27,30). The highest BCUT2D eigenvalue weighted by Crippen LogP contribution is 2.30. The second kappa shape index (κ2) is 9.43. The van der Waals surface area contributed by atoms with Crippen LogP contribution in [0.2, 0.25) is 0 Å². The van der Waals surface area contributed by atoms with Crippen LogP contribution in [-0.2, 0) is 14.8 Å². The molecule has 0 saturated carbocycles. The SMILES string of the molecule is COc1ccc(-c2nnc3c4ccccc4c(Nc4cccc(S(=O)(=O)N5CCOCC5)c4)nn23)cc1. The Morgan fingerprint density at radius 1 is 0.919 bits per heavy atom. The number of methoxy groups -OCH3 is 1. The first-order chi connectivity index (χ1) is 18.0. The van der Waals surface area contributed by atoms with Crippen LogP contribution in [0.25, 0.3) is 27.8 Å². The van der Waals surface area contributed by atoms with Crippen molar-refractivity contribution in [3.8, 4) is 17.1 Å². The number of benzene rings is 3.